The molecule has 0 radical (unpaired) electrons. The second-order valence-electron chi connectivity index (χ2n) is 8.13. The van der Waals surface area contributed by atoms with Crippen molar-refractivity contribution in [2.75, 3.05) is 66.6 Å². The predicted molar refractivity (Wildman–Crippen MR) is 122 cm³/mol. The number of hydrogen-bond acceptors (Lipinski definition) is 6. The molecule has 1 fully saturated rings. The van der Waals surface area contributed by atoms with Crippen LogP contribution in [0.1, 0.15) is 12.0 Å². The van der Waals surface area contributed by atoms with Gasteiger partial charge in [0.2, 0.25) is 11.8 Å². The van der Waals surface area contributed by atoms with E-state index in [1.807, 2.05) is 48.3 Å². The molecule has 174 valence electrons. The summed E-state index contributed by atoms with van der Waals surface area (Å²) in [7, 11) is 3.48. The minimum Gasteiger partial charge on any atom is -0.385 e. The number of likely N-dealkylation sites (N-methyl/N-ethyl adjacent to an activating group) is 1. The quantitative estimate of drug-likeness (QED) is 0.513. The highest BCUT2D eigenvalue weighted by Crippen LogP contribution is 2.10. The summed E-state index contributed by atoms with van der Waals surface area (Å²) >= 11 is 0. The van der Waals surface area contributed by atoms with Crippen LogP contribution in [0.3, 0.4) is 0 Å². The molecule has 0 atom stereocenters. The number of methoxy groups -OCH3 is 1. The molecule has 0 bridgehead atoms. The van der Waals surface area contributed by atoms with Crippen LogP contribution in [0.15, 0.2) is 42.7 Å². The molecule has 0 spiro atoms. The van der Waals surface area contributed by atoms with Crippen LogP contribution >= 0.6 is 0 Å². The first-order valence-corrected chi connectivity index (χ1v) is 11.1. The Kier molecular flexibility index (Phi) is 9.21. The largest absolute Gasteiger partial charge is 0.385 e. The third kappa shape index (κ3) is 7.44. The van der Waals surface area contributed by atoms with Crippen molar-refractivity contribution >= 4 is 11.8 Å². The van der Waals surface area contributed by atoms with E-state index in [9.17, 15) is 9.59 Å². The monoisotopic (exact) mass is 442 g/mol. The Labute approximate surface area is 189 Å². The highest BCUT2D eigenvalue weighted by atomic mass is 16.5. The highest BCUT2D eigenvalue weighted by molar-refractivity contribution is 5.78. The van der Waals surface area contributed by atoms with Gasteiger partial charge in [0.05, 0.1) is 25.0 Å². The average Bonchev–Trinajstić information content (AvgIpc) is 3.27. The summed E-state index contributed by atoms with van der Waals surface area (Å²) in [5.41, 5.74) is 1.99. The maximum absolute atomic E-state index is 12.7. The number of amides is 2. The van der Waals surface area contributed by atoms with Gasteiger partial charge in [0.25, 0.3) is 0 Å². The normalized spacial score (nSPS) is 14.9. The summed E-state index contributed by atoms with van der Waals surface area (Å²) in [4.78, 5) is 30.7. The predicted octanol–water partition coefficient (Wildman–Crippen LogP) is 0.601. The summed E-state index contributed by atoms with van der Waals surface area (Å²) in [6.07, 6.45) is 4.58. The molecule has 9 heteroatoms. The molecule has 3 rings (SSSR count). The van der Waals surface area contributed by atoms with Crippen molar-refractivity contribution in [3.8, 4) is 5.69 Å². The van der Waals surface area contributed by atoms with Crippen LogP contribution in [0.25, 0.3) is 5.69 Å². The van der Waals surface area contributed by atoms with Crippen LogP contribution in [0.4, 0.5) is 0 Å². The Balaban J connectivity index is 1.36. The van der Waals surface area contributed by atoms with Gasteiger partial charge in [0.15, 0.2) is 0 Å². The second-order valence-corrected chi connectivity index (χ2v) is 8.13. The Morgan fingerprint density at radius 1 is 1.09 bits per heavy atom. The first kappa shape index (κ1) is 23.9. The first-order chi connectivity index (χ1) is 15.5. The van der Waals surface area contributed by atoms with E-state index in [-0.39, 0.29) is 11.8 Å². The summed E-state index contributed by atoms with van der Waals surface area (Å²) in [6, 6.07) is 9.91. The minimum absolute atomic E-state index is 0.0430. The molecule has 9 nitrogen and oxygen atoms in total. The number of carbonyl (C=O) groups excluding carboxylic acids is 2. The van der Waals surface area contributed by atoms with Crippen LogP contribution in [0.5, 0.6) is 0 Å². The molecule has 32 heavy (non-hydrogen) atoms. The van der Waals surface area contributed by atoms with Gasteiger partial charge in [0, 0.05) is 71.8 Å². The van der Waals surface area contributed by atoms with Crippen molar-refractivity contribution in [1.82, 2.24) is 29.8 Å². The first-order valence-electron chi connectivity index (χ1n) is 11.1. The van der Waals surface area contributed by atoms with Crippen molar-refractivity contribution in [1.29, 1.82) is 0 Å². The fourth-order valence-corrected chi connectivity index (χ4v) is 3.65. The lowest BCUT2D eigenvalue weighted by molar-refractivity contribution is -0.132. The lowest BCUT2D eigenvalue weighted by Gasteiger charge is -2.34. The van der Waals surface area contributed by atoms with Gasteiger partial charge in [-0.2, -0.15) is 5.10 Å². The molecule has 2 heterocycles. The van der Waals surface area contributed by atoms with Crippen LogP contribution in [-0.2, 0) is 20.9 Å². The average molecular weight is 443 g/mol. The third-order valence-corrected chi connectivity index (χ3v) is 5.54. The molecule has 1 aliphatic rings. The molecular formula is C23H34N6O3. The lowest BCUT2D eigenvalue weighted by atomic mass is 10.3. The molecule has 1 saturated heterocycles. The van der Waals surface area contributed by atoms with Gasteiger partial charge < -0.3 is 15.0 Å². The van der Waals surface area contributed by atoms with Crippen molar-refractivity contribution < 1.29 is 14.3 Å². The number of para-hydroxylation sites is 1. The van der Waals surface area contributed by atoms with Crippen molar-refractivity contribution in [2.45, 2.75) is 13.0 Å². The number of hydrogen-bond donors (Lipinski definition) is 1. The number of nitrogens with one attached hydrogen (secondary N) is 1. The second kappa shape index (κ2) is 12.3. The van der Waals surface area contributed by atoms with E-state index in [0.717, 1.165) is 43.9 Å². The van der Waals surface area contributed by atoms with Crippen molar-refractivity contribution in [2.24, 2.45) is 0 Å². The SMILES string of the molecule is COCCCNC(=O)CN1CCN(CC(=O)N(C)Cc2cnn(-c3ccccc3)c2)CC1. The van der Waals surface area contributed by atoms with E-state index in [1.165, 1.54) is 0 Å². The molecule has 2 amide bonds. The number of benzene rings is 1. The summed E-state index contributed by atoms with van der Waals surface area (Å²) in [5, 5.41) is 7.31. The molecule has 2 aromatic rings. The van der Waals surface area contributed by atoms with E-state index >= 15 is 0 Å². The summed E-state index contributed by atoms with van der Waals surface area (Å²) < 4.78 is 6.80. The van der Waals surface area contributed by atoms with Crippen molar-refractivity contribution in [3.63, 3.8) is 0 Å². The molecular weight excluding hydrogens is 408 g/mol. The van der Waals surface area contributed by atoms with Gasteiger partial charge >= 0.3 is 0 Å². The maximum Gasteiger partial charge on any atom is 0.236 e. The Morgan fingerprint density at radius 3 is 2.47 bits per heavy atom. The number of aromatic nitrogens is 2. The standard InChI is InChI=1S/C23H34N6O3/c1-26(16-20-15-25-29(17-20)21-7-4-3-5-8-21)23(31)19-28-12-10-27(11-13-28)18-22(30)24-9-6-14-32-2/h3-5,7-8,15,17H,6,9-14,16,18-19H2,1-2H3,(H,24,30). The van der Waals surface area contributed by atoms with E-state index in [4.69, 9.17) is 4.74 Å². The topological polar surface area (TPSA) is 82.9 Å². The number of carbonyl (C=O) groups is 2. The van der Waals surface area contributed by atoms with Gasteiger partial charge in [-0.15, -0.1) is 0 Å². The van der Waals surface area contributed by atoms with E-state index < -0.39 is 0 Å². The maximum atomic E-state index is 12.7. The fourth-order valence-electron chi connectivity index (χ4n) is 3.65. The van der Waals surface area contributed by atoms with Gasteiger partial charge in [-0.1, -0.05) is 18.2 Å². The molecule has 0 saturated carbocycles. The Bertz CT molecular complexity index is 848. The molecule has 0 unspecified atom stereocenters. The zero-order chi connectivity index (χ0) is 22.8. The number of rotatable bonds is 11. The third-order valence-electron chi connectivity index (χ3n) is 5.54. The zero-order valence-electron chi connectivity index (χ0n) is 19.1. The van der Waals surface area contributed by atoms with Crippen LogP contribution < -0.4 is 5.32 Å². The van der Waals surface area contributed by atoms with Crippen LogP contribution in [0.2, 0.25) is 0 Å². The fraction of sp³-hybridized carbons (Fsp3) is 0.522. The zero-order valence-corrected chi connectivity index (χ0v) is 19.1. The Morgan fingerprint density at radius 2 is 1.78 bits per heavy atom. The van der Waals surface area contributed by atoms with E-state index in [2.05, 4.69) is 20.2 Å². The van der Waals surface area contributed by atoms with E-state index in [1.54, 1.807) is 18.2 Å². The summed E-state index contributed by atoms with van der Waals surface area (Å²) in [5.74, 6) is 0.128. The molecule has 1 N–H and O–H groups in total. The number of piperazine rings is 1. The Hall–Kier alpha value is -2.75. The van der Waals surface area contributed by atoms with Gasteiger partial charge in [-0.25, -0.2) is 4.68 Å². The molecule has 1 aromatic carbocycles. The van der Waals surface area contributed by atoms with Gasteiger partial charge in [-0.05, 0) is 18.6 Å². The van der Waals surface area contributed by atoms with Crippen LogP contribution in [0, 0.1) is 0 Å². The molecule has 0 aliphatic carbocycles. The number of nitrogens with zero attached hydrogens (tertiary/aromatic N) is 5. The van der Waals surface area contributed by atoms with Crippen LogP contribution in [-0.4, -0.2) is 103 Å². The molecule has 1 aromatic heterocycles. The smallest absolute Gasteiger partial charge is 0.236 e. The minimum atomic E-state index is 0.0430. The highest BCUT2D eigenvalue weighted by Gasteiger charge is 2.22. The van der Waals surface area contributed by atoms with Crippen molar-refractivity contribution in [3.05, 3.63) is 48.3 Å². The van der Waals surface area contributed by atoms with E-state index in [0.29, 0.717) is 32.8 Å². The lowest BCUT2D eigenvalue weighted by Crippen LogP contribution is -2.51. The van der Waals surface area contributed by atoms with Gasteiger partial charge in [0.1, 0.15) is 0 Å². The number of ether oxygens (including phenoxy) is 1. The molecule has 1 aliphatic heterocycles. The van der Waals surface area contributed by atoms with Gasteiger partial charge in [-0.3, -0.25) is 19.4 Å². The summed E-state index contributed by atoms with van der Waals surface area (Å²) in [6.45, 7) is 5.73.